The van der Waals surface area contributed by atoms with Gasteiger partial charge in [0.2, 0.25) is 0 Å². The van der Waals surface area contributed by atoms with Gasteiger partial charge in [0, 0.05) is 30.2 Å². The molecule has 22 heavy (non-hydrogen) atoms. The van der Waals surface area contributed by atoms with Gasteiger partial charge in [0.1, 0.15) is 5.69 Å². The minimum Gasteiger partial charge on any atom is -0.358 e. The minimum absolute atomic E-state index is 0.206. The molecule has 0 radical (unpaired) electrons. The number of halogens is 1. The minimum atomic E-state index is -0.206. The number of hydrogen-bond donors (Lipinski definition) is 2. The Kier molecular flexibility index (Phi) is 3.90. The Morgan fingerprint density at radius 3 is 2.91 bits per heavy atom. The molecule has 2 heterocycles. The van der Waals surface area contributed by atoms with Crippen LogP contribution in [0.2, 0.25) is 5.02 Å². The number of amides is 1. The van der Waals surface area contributed by atoms with Gasteiger partial charge in [0.25, 0.3) is 5.91 Å². The second-order valence-electron chi connectivity index (χ2n) is 5.24. The number of rotatable bonds is 4. The fourth-order valence-corrected chi connectivity index (χ4v) is 2.96. The van der Waals surface area contributed by atoms with Gasteiger partial charge in [-0.3, -0.25) is 9.48 Å². The molecule has 0 atom stereocenters. The lowest BCUT2D eigenvalue weighted by Crippen LogP contribution is -2.28. The summed E-state index contributed by atoms with van der Waals surface area (Å²) in [5.41, 5.74) is 3.87. The molecular formula is C16H17ClN4O. The number of aryl methyl sites for hydroxylation is 2. The molecule has 0 aliphatic carbocycles. The maximum atomic E-state index is 12.2. The van der Waals surface area contributed by atoms with Gasteiger partial charge in [-0.05, 0) is 25.0 Å². The number of para-hydroxylation sites is 1. The second kappa shape index (κ2) is 5.85. The number of aromatic nitrogens is 3. The van der Waals surface area contributed by atoms with Gasteiger partial charge in [-0.1, -0.05) is 29.8 Å². The first-order chi connectivity index (χ1) is 10.6. The molecule has 3 rings (SSSR count). The summed E-state index contributed by atoms with van der Waals surface area (Å²) in [5, 5.41) is 8.43. The molecule has 0 saturated heterocycles. The molecule has 0 bridgehead atoms. The molecular weight excluding hydrogens is 300 g/mol. The molecule has 6 heteroatoms. The molecule has 0 unspecified atom stereocenters. The van der Waals surface area contributed by atoms with Crippen molar-refractivity contribution in [3.63, 3.8) is 0 Å². The van der Waals surface area contributed by atoms with Crippen LogP contribution in [0.4, 0.5) is 0 Å². The van der Waals surface area contributed by atoms with Crippen LogP contribution >= 0.6 is 11.6 Å². The molecule has 0 spiro atoms. The van der Waals surface area contributed by atoms with Gasteiger partial charge in [-0.25, -0.2) is 0 Å². The number of nitrogens with one attached hydrogen (secondary N) is 2. The van der Waals surface area contributed by atoms with E-state index in [2.05, 4.69) is 34.5 Å². The Morgan fingerprint density at radius 1 is 1.41 bits per heavy atom. The number of carbonyl (C=O) groups is 1. The van der Waals surface area contributed by atoms with Crippen molar-refractivity contribution < 1.29 is 4.79 Å². The van der Waals surface area contributed by atoms with Gasteiger partial charge in [0.15, 0.2) is 0 Å². The average Bonchev–Trinajstić information content (AvgIpc) is 2.99. The quantitative estimate of drug-likeness (QED) is 0.777. The summed E-state index contributed by atoms with van der Waals surface area (Å²) in [6.07, 6.45) is 2.23. The highest BCUT2D eigenvalue weighted by Crippen LogP contribution is 2.22. The number of carbonyl (C=O) groups excluding carboxylic acids is 1. The summed E-state index contributed by atoms with van der Waals surface area (Å²) >= 11 is 5.97. The number of benzene rings is 1. The van der Waals surface area contributed by atoms with E-state index < -0.39 is 0 Å². The van der Waals surface area contributed by atoms with Gasteiger partial charge < -0.3 is 10.3 Å². The fourth-order valence-electron chi connectivity index (χ4n) is 2.71. The van der Waals surface area contributed by atoms with E-state index in [-0.39, 0.29) is 5.91 Å². The Bertz CT molecular complexity index is 814. The number of nitrogens with zero attached hydrogens (tertiary/aromatic N) is 2. The average molecular weight is 317 g/mol. The van der Waals surface area contributed by atoms with Crippen molar-refractivity contribution in [2.75, 3.05) is 6.54 Å². The Hall–Kier alpha value is -2.27. The predicted octanol–water partition coefficient (Wildman–Crippen LogP) is 2.84. The third kappa shape index (κ3) is 2.60. The van der Waals surface area contributed by atoms with Crippen molar-refractivity contribution in [1.29, 1.82) is 0 Å². The number of aromatic amines is 1. The largest absolute Gasteiger partial charge is 0.358 e. The molecule has 3 aromatic rings. The van der Waals surface area contributed by atoms with Crippen LogP contribution in [0.1, 0.15) is 21.7 Å². The highest BCUT2D eigenvalue weighted by molar-refractivity contribution is 6.33. The predicted molar refractivity (Wildman–Crippen MR) is 87.3 cm³/mol. The van der Waals surface area contributed by atoms with Crippen LogP contribution < -0.4 is 5.32 Å². The summed E-state index contributed by atoms with van der Waals surface area (Å²) in [4.78, 5) is 15.5. The van der Waals surface area contributed by atoms with Crippen LogP contribution in [-0.2, 0) is 13.5 Å². The van der Waals surface area contributed by atoms with Crippen molar-refractivity contribution in [3.05, 3.63) is 52.4 Å². The van der Waals surface area contributed by atoms with E-state index in [1.807, 2.05) is 12.1 Å². The van der Waals surface area contributed by atoms with E-state index in [1.54, 1.807) is 7.05 Å². The summed E-state index contributed by atoms with van der Waals surface area (Å²) in [5.74, 6) is -0.206. The van der Waals surface area contributed by atoms with E-state index in [1.165, 1.54) is 21.8 Å². The topological polar surface area (TPSA) is 62.7 Å². The zero-order chi connectivity index (χ0) is 15.7. The molecule has 0 saturated carbocycles. The van der Waals surface area contributed by atoms with Crippen LogP contribution in [0.5, 0.6) is 0 Å². The lowest BCUT2D eigenvalue weighted by Gasteiger charge is -2.06. The SMILES string of the molecule is Cc1[nH]c2ccccc2c1CCNC(=O)c1c(Cl)cnn1C. The van der Waals surface area contributed by atoms with Crippen LogP contribution in [0, 0.1) is 6.92 Å². The van der Waals surface area contributed by atoms with Crippen molar-refractivity contribution >= 4 is 28.4 Å². The van der Waals surface area contributed by atoms with Crippen LogP contribution in [0.3, 0.4) is 0 Å². The lowest BCUT2D eigenvalue weighted by molar-refractivity contribution is 0.0945. The lowest BCUT2D eigenvalue weighted by atomic mass is 10.1. The van der Waals surface area contributed by atoms with Gasteiger partial charge in [-0.15, -0.1) is 0 Å². The summed E-state index contributed by atoms with van der Waals surface area (Å²) < 4.78 is 1.48. The Labute approximate surface area is 133 Å². The molecule has 2 aromatic heterocycles. The highest BCUT2D eigenvalue weighted by atomic mass is 35.5. The standard InChI is InChI=1S/C16H17ClN4O/c1-10-11(12-5-3-4-6-14(12)20-10)7-8-18-16(22)15-13(17)9-19-21(15)2/h3-6,9,20H,7-8H2,1-2H3,(H,18,22). The maximum absolute atomic E-state index is 12.2. The van der Waals surface area contributed by atoms with E-state index in [0.717, 1.165) is 17.6 Å². The fraction of sp³-hybridized carbons (Fsp3) is 0.250. The molecule has 0 fully saturated rings. The van der Waals surface area contributed by atoms with Crippen LogP contribution in [0.15, 0.2) is 30.5 Å². The Balaban J connectivity index is 1.70. The van der Waals surface area contributed by atoms with E-state index in [0.29, 0.717) is 17.3 Å². The normalized spacial score (nSPS) is 11.0. The second-order valence-corrected chi connectivity index (χ2v) is 5.65. The Morgan fingerprint density at radius 2 is 2.18 bits per heavy atom. The monoisotopic (exact) mass is 316 g/mol. The summed E-state index contributed by atoms with van der Waals surface area (Å²) in [6.45, 7) is 2.60. The van der Waals surface area contributed by atoms with E-state index in [4.69, 9.17) is 11.6 Å². The molecule has 2 N–H and O–H groups in total. The van der Waals surface area contributed by atoms with Gasteiger partial charge >= 0.3 is 0 Å². The summed E-state index contributed by atoms with van der Waals surface area (Å²) in [7, 11) is 1.70. The number of hydrogen-bond acceptors (Lipinski definition) is 2. The first kappa shape index (κ1) is 14.7. The van der Waals surface area contributed by atoms with Gasteiger partial charge in [0.05, 0.1) is 11.2 Å². The zero-order valence-corrected chi connectivity index (χ0v) is 13.2. The zero-order valence-electron chi connectivity index (χ0n) is 12.5. The van der Waals surface area contributed by atoms with Crippen molar-refractivity contribution in [2.24, 2.45) is 7.05 Å². The van der Waals surface area contributed by atoms with Crippen LogP contribution in [0.25, 0.3) is 10.9 Å². The van der Waals surface area contributed by atoms with E-state index in [9.17, 15) is 4.79 Å². The van der Waals surface area contributed by atoms with E-state index >= 15 is 0 Å². The molecule has 5 nitrogen and oxygen atoms in total. The molecule has 114 valence electrons. The number of fused-ring (bicyclic) bond motifs is 1. The molecule has 0 aliphatic rings. The third-order valence-corrected chi connectivity index (χ3v) is 4.07. The van der Waals surface area contributed by atoms with Crippen molar-refractivity contribution in [1.82, 2.24) is 20.1 Å². The first-order valence-electron chi connectivity index (χ1n) is 7.10. The first-order valence-corrected chi connectivity index (χ1v) is 7.47. The van der Waals surface area contributed by atoms with Crippen LogP contribution in [-0.4, -0.2) is 27.2 Å². The summed E-state index contributed by atoms with van der Waals surface area (Å²) in [6, 6.07) is 8.18. The van der Waals surface area contributed by atoms with Crippen molar-refractivity contribution in [3.8, 4) is 0 Å². The maximum Gasteiger partial charge on any atom is 0.271 e. The molecule has 0 aliphatic heterocycles. The molecule has 1 amide bonds. The smallest absolute Gasteiger partial charge is 0.271 e. The van der Waals surface area contributed by atoms with Gasteiger partial charge in [-0.2, -0.15) is 5.10 Å². The highest BCUT2D eigenvalue weighted by Gasteiger charge is 2.15. The molecule has 1 aromatic carbocycles. The third-order valence-electron chi connectivity index (χ3n) is 3.80. The van der Waals surface area contributed by atoms with Crippen molar-refractivity contribution in [2.45, 2.75) is 13.3 Å². The number of H-pyrrole nitrogens is 1.